The summed E-state index contributed by atoms with van der Waals surface area (Å²) in [6, 6.07) is 7.31. The van der Waals surface area contributed by atoms with Crippen molar-refractivity contribution >= 4 is 21.9 Å². The van der Waals surface area contributed by atoms with E-state index in [0.29, 0.717) is 5.56 Å². The van der Waals surface area contributed by atoms with Crippen molar-refractivity contribution in [1.29, 1.82) is 0 Å². The number of hydrogen-bond donors (Lipinski definition) is 1. The first-order valence-corrected chi connectivity index (χ1v) is 7.04. The molecular formula is C15H21BrO3. The van der Waals surface area contributed by atoms with Crippen molar-refractivity contribution in [1.82, 2.24) is 0 Å². The topological polar surface area (TPSA) is 46.5 Å². The molecule has 106 valence electrons. The first-order chi connectivity index (χ1) is 8.54. The molecule has 1 aromatic rings. The summed E-state index contributed by atoms with van der Waals surface area (Å²) in [6.07, 6.45) is 0. The van der Waals surface area contributed by atoms with Crippen LogP contribution in [0, 0.1) is 5.92 Å². The molecule has 0 saturated carbocycles. The summed E-state index contributed by atoms with van der Waals surface area (Å²) in [5, 5.41) is 10.6. The van der Waals surface area contributed by atoms with E-state index in [1.165, 1.54) is 0 Å². The summed E-state index contributed by atoms with van der Waals surface area (Å²) >= 11 is 3.36. The van der Waals surface area contributed by atoms with Gasteiger partial charge in [-0.15, -0.1) is 0 Å². The zero-order valence-corrected chi connectivity index (χ0v) is 13.6. The van der Waals surface area contributed by atoms with Gasteiger partial charge in [0.2, 0.25) is 0 Å². The van der Waals surface area contributed by atoms with Crippen LogP contribution in [0.5, 0.6) is 0 Å². The molecule has 1 aromatic carbocycles. The van der Waals surface area contributed by atoms with Crippen LogP contribution in [0.15, 0.2) is 28.7 Å². The van der Waals surface area contributed by atoms with E-state index in [0.717, 1.165) is 4.47 Å². The zero-order chi connectivity index (χ0) is 14.8. The average molecular weight is 329 g/mol. The molecule has 0 aliphatic heterocycles. The van der Waals surface area contributed by atoms with Crippen LogP contribution in [0.4, 0.5) is 0 Å². The smallest absolute Gasteiger partial charge is 0.312 e. The number of carbonyl (C=O) groups is 1. The molecule has 4 heteroatoms. The Morgan fingerprint density at radius 2 is 1.89 bits per heavy atom. The molecule has 0 fully saturated rings. The molecule has 0 aliphatic rings. The van der Waals surface area contributed by atoms with Crippen molar-refractivity contribution in [2.24, 2.45) is 5.92 Å². The Hall–Kier alpha value is -0.870. The number of benzene rings is 1. The van der Waals surface area contributed by atoms with Gasteiger partial charge in [0.25, 0.3) is 0 Å². The maximum atomic E-state index is 12.1. The van der Waals surface area contributed by atoms with Crippen LogP contribution in [0.3, 0.4) is 0 Å². The highest BCUT2D eigenvalue weighted by atomic mass is 79.9. The highest BCUT2D eigenvalue weighted by molar-refractivity contribution is 9.10. The molecule has 19 heavy (non-hydrogen) atoms. The first kappa shape index (κ1) is 16.2. The van der Waals surface area contributed by atoms with Gasteiger partial charge in [0, 0.05) is 4.47 Å². The fourth-order valence-electron chi connectivity index (χ4n) is 1.67. The molecule has 2 atom stereocenters. The summed E-state index contributed by atoms with van der Waals surface area (Å²) in [5.74, 6) is -1.06. The van der Waals surface area contributed by atoms with Crippen LogP contribution >= 0.6 is 15.9 Å². The van der Waals surface area contributed by atoms with E-state index in [1.54, 1.807) is 26.0 Å². The molecule has 0 amide bonds. The molecule has 2 unspecified atom stereocenters. The van der Waals surface area contributed by atoms with Crippen LogP contribution in [0.1, 0.15) is 40.2 Å². The quantitative estimate of drug-likeness (QED) is 0.862. The Morgan fingerprint density at radius 3 is 2.37 bits per heavy atom. The predicted molar refractivity (Wildman–Crippen MR) is 78.7 cm³/mol. The van der Waals surface area contributed by atoms with Crippen molar-refractivity contribution in [3.8, 4) is 0 Å². The molecule has 3 nitrogen and oxygen atoms in total. The van der Waals surface area contributed by atoms with Crippen LogP contribution in [-0.4, -0.2) is 16.7 Å². The third-order valence-electron chi connectivity index (χ3n) is 3.01. The van der Waals surface area contributed by atoms with Gasteiger partial charge in [-0.2, -0.15) is 0 Å². The Balaban J connectivity index is 2.96. The van der Waals surface area contributed by atoms with E-state index >= 15 is 0 Å². The lowest BCUT2D eigenvalue weighted by Gasteiger charge is -2.31. The van der Waals surface area contributed by atoms with E-state index in [9.17, 15) is 9.90 Å². The summed E-state index contributed by atoms with van der Waals surface area (Å²) in [7, 11) is 0. The molecule has 0 radical (unpaired) electrons. The molecule has 0 aliphatic carbocycles. The number of ether oxygens (including phenoxy) is 1. The summed E-state index contributed by atoms with van der Waals surface area (Å²) in [5.41, 5.74) is -1.15. The molecule has 1 N–H and O–H groups in total. The monoisotopic (exact) mass is 328 g/mol. The van der Waals surface area contributed by atoms with Gasteiger partial charge < -0.3 is 9.84 Å². The van der Waals surface area contributed by atoms with Crippen LogP contribution in [0.25, 0.3) is 0 Å². The third kappa shape index (κ3) is 4.32. The number of hydrogen-bond acceptors (Lipinski definition) is 3. The van der Waals surface area contributed by atoms with E-state index in [4.69, 9.17) is 4.74 Å². The fourth-order valence-corrected chi connectivity index (χ4v) is 2.07. The van der Waals surface area contributed by atoms with Gasteiger partial charge in [-0.25, -0.2) is 0 Å². The molecule has 0 saturated heterocycles. The van der Waals surface area contributed by atoms with Crippen LogP contribution in [-0.2, 0) is 15.1 Å². The lowest BCUT2D eigenvalue weighted by atomic mass is 9.84. The van der Waals surface area contributed by atoms with E-state index < -0.39 is 23.1 Å². The van der Waals surface area contributed by atoms with Crippen molar-refractivity contribution in [3.05, 3.63) is 34.3 Å². The van der Waals surface area contributed by atoms with Crippen molar-refractivity contribution in [2.75, 3.05) is 0 Å². The van der Waals surface area contributed by atoms with Crippen molar-refractivity contribution in [3.63, 3.8) is 0 Å². The molecule has 0 heterocycles. The van der Waals surface area contributed by atoms with E-state index in [2.05, 4.69) is 15.9 Å². The largest absolute Gasteiger partial charge is 0.460 e. The normalized spacial score (nSPS) is 16.6. The van der Waals surface area contributed by atoms with Gasteiger partial charge in [-0.1, -0.05) is 28.1 Å². The van der Waals surface area contributed by atoms with E-state index in [1.807, 2.05) is 32.9 Å². The van der Waals surface area contributed by atoms with E-state index in [-0.39, 0.29) is 0 Å². The minimum Gasteiger partial charge on any atom is -0.460 e. The lowest BCUT2D eigenvalue weighted by Crippen LogP contribution is -2.39. The summed E-state index contributed by atoms with van der Waals surface area (Å²) in [6.45, 7) is 8.74. The second-order valence-corrected chi connectivity index (χ2v) is 6.83. The van der Waals surface area contributed by atoms with Gasteiger partial charge in [0.05, 0.1) is 11.5 Å². The van der Waals surface area contributed by atoms with Gasteiger partial charge in [-0.05, 0) is 52.3 Å². The van der Waals surface area contributed by atoms with Gasteiger partial charge in [0.1, 0.15) is 5.60 Å². The minimum atomic E-state index is -1.27. The van der Waals surface area contributed by atoms with Crippen molar-refractivity contribution in [2.45, 2.75) is 45.8 Å². The van der Waals surface area contributed by atoms with Gasteiger partial charge in [-0.3, -0.25) is 4.79 Å². The van der Waals surface area contributed by atoms with Gasteiger partial charge in [0.15, 0.2) is 0 Å². The maximum Gasteiger partial charge on any atom is 0.312 e. The Morgan fingerprint density at radius 1 is 1.32 bits per heavy atom. The summed E-state index contributed by atoms with van der Waals surface area (Å²) in [4.78, 5) is 12.1. The maximum absolute atomic E-state index is 12.1. The van der Waals surface area contributed by atoms with Crippen LogP contribution in [0.2, 0.25) is 0 Å². The van der Waals surface area contributed by atoms with Gasteiger partial charge >= 0.3 is 5.97 Å². The second-order valence-electron chi connectivity index (χ2n) is 5.91. The average Bonchev–Trinajstić information content (AvgIpc) is 2.25. The lowest BCUT2D eigenvalue weighted by molar-refractivity contribution is -0.168. The number of carbonyl (C=O) groups excluding carboxylic acids is 1. The molecule has 0 aromatic heterocycles. The predicted octanol–water partition coefficient (Wildman–Crippen LogP) is 3.63. The highest BCUT2D eigenvalue weighted by Gasteiger charge is 2.38. The van der Waals surface area contributed by atoms with Crippen LogP contribution < -0.4 is 0 Å². The summed E-state index contributed by atoms with van der Waals surface area (Å²) < 4.78 is 6.19. The Labute approximate surface area is 123 Å². The minimum absolute atomic E-state index is 0.405. The molecule has 0 spiro atoms. The Kier molecular flexibility index (Phi) is 4.80. The second kappa shape index (κ2) is 5.63. The fraction of sp³-hybridized carbons (Fsp3) is 0.533. The van der Waals surface area contributed by atoms with Crippen molar-refractivity contribution < 1.29 is 14.6 Å². The zero-order valence-electron chi connectivity index (χ0n) is 12.0. The first-order valence-electron chi connectivity index (χ1n) is 6.25. The molecule has 1 rings (SSSR count). The standard InChI is InChI=1S/C15H21BrO3/c1-10(13(17)19-14(2,3)4)15(5,18)11-7-6-8-12(16)9-11/h6-10,18H,1-5H3. The number of halogens is 1. The number of esters is 1. The molecule has 0 bridgehead atoms. The Bertz CT molecular complexity index is 461. The number of aliphatic hydroxyl groups is 1. The molecular weight excluding hydrogens is 308 g/mol. The third-order valence-corrected chi connectivity index (χ3v) is 3.51. The number of rotatable bonds is 3. The SMILES string of the molecule is CC(C(=O)OC(C)(C)C)C(C)(O)c1cccc(Br)c1. The highest BCUT2D eigenvalue weighted by Crippen LogP contribution is 2.32.